The van der Waals surface area contributed by atoms with Crippen LogP contribution < -0.4 is 5.32 Å². The van der Waals surface area contributed by atoms with Crippen LogP contribution >= 0.6 is 15.9 Å². The first-order valence-electron chi connectivity index (χ1n) is 5.20. The minimum atomic E-state index is 0.712. The molecule has 0 aliphatic rings. The van der Waals surface area contributed by atoms with Crippen molar-refractivity contribution >= 4 is 21.6 Å². The first kappa shape index (κ1) is 11.3. The summed E-state index contributed by atoms with van der Waals surface area (Å²) in [4.78, 5) is 0. The fourth-order valence-corrected chi connectivity index (χ4v) is 2.22. The molecule has 0 saturated carbocycles. The van der Waals surface area contributed by atoms with Gasteiger partial charge in [-0.1, -0.05) is 15.9 Å². The Morgan fingerprint density at radius 3 is 2.62 bits per heavy atom. The molecule has 84 valence electrons. The van der Waals surface area contributed by atoms with E-state index >= 15 is 0 Å². The molecule has 0 unspecified atom stereocenters. The average Bonchev–Trinajstić information content (AvgIpc) is 2.60. The first-order chi connectivity index (χ1) is 7.63. The van der Waals surface area contributed by atoms with Crippen LogP contribution in [0.1, 0.15) is 17.1 Å². The van der Waals surface area contributed by atoms with Crippen LogP contribution in [0.2, 0.25) is 0 Å². The van der Waals surface area contributed by atoms with E-state index in [0.29, 0.717) is 6.54 Å². The maximum absolute atomic E-state index is 5.49. The van der Waals surface area contributed by atoms with Crippen molar-refractivity contribution in [1.29, 1.82) is 0 Å². The second kappa shape index (κ2) is 4.74. The Kier molecular flexibility index (Phi) is 3.34. The molecule has 0 radical (unpaired) electrons. The van der Waals surface area contributed by atoms with Gasteiger partial charge in [-0.05, 0) is 49.7 Å². The van der Waals surface area contributed by atoms with Crippen molar-refractivity contribution in [2.24, 2.45) is 0 Å². The van der Waals surface area contributed by atoms with Gasteiger partial charge < -0.3 is 9.73 Å². The van der Waals surface area contributed by atoms with Gasteiger partial charge in [-0.3, -0.25) is 0 Å². The molecule has 0 aliphatic heterocycles. The lowest BCUT2D eigenvalue weighted by Crippen LogP contribution is -1.98. The van der Waals surface area contributed by atoms with Crippen LogP contribution in [0.15, 0.2) is 39.2 Å². The molecular formula is C13H14BrNO. The average molecular weight is 280 g/mol. The number of benzene rings is 1. The molecule has 0 amide bonds. The molecule has 1 aromatic carbocycles. The van der Waals surface area contributed by atoms with Crippen molar-refractivity contribution in [2.75, 3.05) is 5.32 Å². The quantitative estimate of drug-likeness (QED) is 0.908. The third-order valence-corrected chi connectivity index (χ3v) is 2.76. The standard InChI is InChI=1S/C13H14BrNO/c1-9-5-11(14)7-12(6-9)15-8-13-4-3-10(2)16-13/h3-7,15H,8H2,1-2H3. The minimum Gasteiger partial charge on any atom is -0.465 e. The van der Waals surface area contributed by atoms with Crippen LogP contribution in [0.4, 0.5) is 5.69 Å². The molecule has 16 heavy (non-hydrogen) atoms. The molecule has 0 aliphatic carbocycles. The molecule has 0 bridgehead atoms. The molecule has 0 saturated heterocycles. The molecule has 2 rings (SSSR count). The van der Waals surface area contributed by atoms with E-state index in [1.165, 1.54) is 5.56 Å². The minimum absolute atomic E-state index is 0.712. The molecule has 0 atom stereocenters. The van der Waals surface area contributed by atoms with Crippen LogP contribution in [0, 0.1) is 13.8 Å². The van der Waals surface area contributed by atoms with E-state index < -0.39 is 0 Å². The monoisotopic (exact) mass is 279 g/mol. The second-order valence-electron chi connectivity index (χ2n) is 3.88. The Hall–Kier alpha value is -1.22. The highest BCUT2D eigenvalue weighted by molar-refractivity contribution is 9.10. The Labute approximate surface area is 104 Å². The summed E-state index contributed by atoms with van der Waals surface area (Å²) in [6, 6.07) is 10.2. The smallest absolute Gasteiger partial charge is 0.123 e. The molecule has 1 aromatic heterocycles. The second-order valence-corrected chi connectivity index (χ2v) is 4.80. The third-order valence-electron chi connectivity index (χ3n) is 2.30. The highest BCUT2D eigenvalue weighted by Gasteiger charge is 2.00. The van der Waals surface area contributed by atoms with E-state index in [1.807, 2.05) is 19.1 Å². The SMILES string of the molecule is Cc1cc(Br)cc(NCc2ccc(C)o2)c1. The predicted octanol–water partition coefficient (Wildman–Crippen LogP) is 4.27. The summed E-state index contributed by atoms with van der Waals surface area (Å²) in [7, 11) is 0. The van der Waals surface area contributed by atoms with Crippen LogP contribution in [-0.2, 0) is 6.54 Å². The molecule has 2 nitrogen and oxygen atoms in total. The summed E-state index contributed by atoms with van der Waals surface area (Å²) in [5.41, 5.74) is 2.33. The van der Waals surface area contributed by atoms with Crippen molar-refractivity contribution in [3.05, 3.63) is 51.9 Å². The zero-order valence-corrected chi connectivity index (χ0v) is 11.0. The Balaban J connectivity index is 2.04. The molecule has 2 aromatic rings. The van der Waals surface area contributed by atoms with Gasteiger partial charge in [0, 0.05) is 10.2 Å². The van der Waals surface area contributed by atoms with Crippen molar-refractivity contribution in [3.63, 3.8) is 0 Å². The first-order valence-corrected chi connectivity index (χ1v) is 5.99. The fraction of sp³-hybridized carbons (Fsp3) is 0.231. The van der Waals surface area contributed by atoms with Crippen molar-refractivity contribution in [3.8, 4) is 0 Å². The molecule has 1 N–H and O–H groups in total. The summed E-state index contributed by atoms with van der Waals surface area (Å²) in [5.74, 6) is 1.90. The maximum atomic E-state index is 5.49. The third kappa shape index (κ3) is 2.89. The Bertz CT molecular complexity index is 470. The van der Waals surface area contributed by atoms with Gasteiger partial charge in [0.1, 0.15) is 11.5 Å². The van der Waals surface area contributed by atoms with E-state index in [4.69, 9.17) is 4.42 Å². The van der Waals surface area contributed by atoms with Crippen LogP contribution in [0.3, 0.4) is 0 Å². The highest BCUT2D eigenvalue weighted by Crippen LogP contribution is 2.19. The number of hydrogen-bond donors (Lipinski definition) is 1. The number of furan rings is 1. The molecule has 0 fully saturated rings. The van der Waals surface area contributed by atoms with E-state index in [0.717, 1.165) is 21.7 Å². The van der Waals surface area contributed by atoms with Gasteiger partial charge in [0.05, 0.1) is 6.54 Å². The summed E-state index contributed by atoms with van der Waals surface area (Å²) < 4.78 is 6.58. The number of halogens is 1. The number of anilines is 1. The van der Waals surface area contributed by atoms with Gasteiger partial charge in [-0.2, -0.15) is 0 Å². The zero-order chi connectivity index (χ0) is 11.5. The largest absolute Gasteiger partial charge is 0.465 e. The van der Waals surface area contributed by atoms with Gasteiger partial charge in [-0.25, -0.2) is 0 Å². The van der Waals surface area contributed by atoms with Crippen molar-refractivity contribution in [2.45, 2.75) is 20.4 Å². The van der Waals surface area contributed by atoms with Gasteiger partial charge in [-0.15, -0.1) is 0 Å². The Morgan fingerprint density at radius 2 is 2.00 bits per heavy atom. The van der Waals surface area contributed by atoms with Gasteiger partial charge in [0.15, 0.2) is 0 Å². The van der Waals surface area contributed by atoms with E-state index in [-0.39, 0.29) is 0 Å². The maximum Gasteiger partial charge on any atom is 0.123 e. The van der Waals surface area contributed by atoms with Crippen molar-refractivity contribution in [1.82, 2.24) is 0 Å². The van der Waals surface area contributed by atoms with Crippen LogP contribution in [0.25, 0.3) is 0 Å². The van der Waals surface area contributed by atoms with Crippen molar-refractivity contribution < 1.29 is 4.42 Å². The summed E-state index contributed by atoms with van der Waals surface area (Å²) in [5, 5.41) is 3.33. The van der Waals surface area contributed by atoms with Gasteiger partial charge in [0.25, 0.3) is 0 Å². The lowest BCUT2D eigenvalue weighted by Gasteiger charge is -2.06. The molecular weight excluding hydrogens is 266 g/mol. The summed E-state index contributed by atoms with van der Waals surface area (Å²) in [6.45, 7) is 4.74. The fourth-order valence-electron chi connectivity index (χ4n) is 1.61. The van der Waals surface area contributed by atoms with E-state index in [1.54, 1.807) is 0 Å². The lowest BCUT2D eigenvalue weighted by atomic mass is 10.2. The van der Waals surface area contributed by atoms with E-state index in [2.05, 4.69) is 46.4 Å². The highest BCUT2D eigenvalue weighted by atomic mass is 79.9. The lowest BCUT2D eigenvalue weighted by molar-refractivity contribution is 0.490. The van der Waals surface area contributed by atoms with E-state index in [9.17, 15) is 0 Å². The number of nitrogens with one attached hydrogen (secondary N) is 1. The zero-order valence-electron chi connectivity index (χ0n) is 9.38. The topological polar surface area (TPSA) is 25.2 Å². The summed E-state index contributed by atoms with van der Waals surface area (Å²) >= 11 is 3.48. The van der Waals surface area contributed by atoms with Gasteiger partial charge >= 0.3 is 0 Å². The Morgan fingerprint density at radius 1 is 1.19 bits per heavy atom. The van der Waals surface area contributed by atoms with Crippen LogP contribution in [-0.4, -0.2) is 0 Å². The normalized spacial score (nSPS) is 10.4. The number of hydrogen-bond acceptors (Lipinski definition) is 2. The molecule has 1 heterocycles. The van der Waals surface area contributed by atoms with Gasteiger partial charge in [0.2, 0.25) is 0 Å². The molecule has 3 heteroatoms. The van der Waals surface area contributed by atoms with Crippen LogP contribution in [0.5, 0.6) is 0 Å². The predicted molar refractivity (Wildman–Crippen MR) is 69.7 cm³/mol. The number of aryl methyl sites for hydroxylation is 2. The molecule has 0 spiro atoms. The number of rotatable bonds is 3. The summed E-state index contributed by atoms with van der Waals surface area (Å²) in [6.07, 6.45) is 0.